The maximum Gasteiger partial charge on any atom is 0.244 e. The lowest BCUT2D eigenvalue weighted by Crippen LogP contribution is -2.53. The van der Waals surface area contributed by atoms with Crippen LogP contribution in [0.5, 0.6) is 0 Å². The predicted octanol–water partition coefficient (Wildman–Crippen LogP) is 4.07. The molecular weight excluding hydrogens is 481 g/mol. The Kier molecular flexibility index (Phi) is 9.11. The van der Waals surface area contributed by atoms with E-state index in [0.717, 1.165) is 53.8 Å². The summed E-state index contributed by atoms with van der Waals surface area (Å²) in [6.45, 7) is 4.60. The first-order valence-electron chi connectivity index (χ1n) is 12.4. The highest BCUT2D eigenvalue weighted by Crippen LogP contribution is 2.26. The molecule has 0 heterocycles. The van der Waals surface area contributed by atoms with Crippen LogP contribution < -0.4 is 9.62 Å². The van der Waals surface area contributed by atoms with Crippen molar-refractivity contribution in [2.45, 2.75) is 71.5 Å². The number of hydrogen-bond donors (Lipinski definition) is 1. The normalized spacial score (nSPS) is 15.2. The number of aryl methyl sites for hydroxylation is 1. The zero-order valence-electron chi connectivity index (χ0n) is 21.5. The molecule has 2 aromatic carbocycles. The summed E-state index contributed by atoms with van der Waals surface area (Å²) in [5.41, 5.74) is 2.27. The number of hydrogen-bond acceptors (Lipinski definition) is 4. The minimum absolute atomic E-state index is 0.0431. The summed E-state index contributed by atoms with van der Waals surface area (Å²) in [4.78, 5) is 28.1. The molecule has 1 fully saturated rings. The number of benzene rings is 2. The van der Waals surface area contributed by atoms with E-state index in [1.807, 2.05) is 13.0 Å². The number of sulfonamides is 1. The first kappa shape index (κ1) is 27.6. The van der Waals surface area contributed by atoms with Crippen LogP contribution in [0.15, 0.2) is 42.5 Å². The summed E-state index contributed by atoms with van der Waals surface area (Å²) in [5, 5.41) is 3.03. The molecule has 1 N–H and O–H groups in total. The van der Waals surface area contributed by atoms with E-state index in [1.54, 1.807) is 44.2 Å². The lowest BCUT2D eigenvalue weighted by atomic mass is 9.95. The molecule has 0 bridgehead atoms. The number of anilines is 1. The average molecular weight is 518 g/mol. The maximum atomic E-state index is 14.5. The van der Waals surface area contributed by atoms with Gasteiger partial charge in [0, 0.05) is 18.2 Å². The molecule has 1 saturated carbocycles. The highest BCUT2D eigenvalue weighted by Gasteiger charge is 2.32. The molecule has 0 radical (unpaired) electrons. The Morgan fingerprint density at radius 1 is 1.06 bits per heavy atom. The van der Waals surface area contributed by atoms with Gasteiger partial charge >= 0.3 is 0 Å². The highest BCUT2D eigenvalue weighted by molar-refractivity contribution is 7.92. The van der Waals surface area contributed by atoms with Crippen molar-refractivity contribution in [2.24, 2.45) is 0 Å². The summed E-state index contributed by atoms with van der Waals surface area (Å²) >= 11 is 0. The number of carbonyl (C=O) groups excluding carboxylic acids is 2. The van der Waals surface area contributed by atoms with Gasteiger partial charge in [0.05, 0.1) is 11.9 Å². The third-order valence-electron chi connectivity index (χ3n) is 6.94. The first-order valence-corrected chi connectivity index (χ1v) is 14.2. The van der Waals surface area contributed by atoms with E-state index in [9.17, 15) is 22.4 Å². The Morgan fingerprint density at radius 2 is 1.72 bits per heavy atom. The summed E-state index contributed by atoms with van der Waals surface area (Å²) < 4.78 is 41.1. The van der Waals surface area contributed by atoms with E-state index in [0.29, 0.717) is 5.69 Å². The van der Waals surface area contributed by atoms with Gasteiger partial charge < -0.3 is 10.2 Å². The average Bonchev–Trinajstić information content (AvgIpc) is 2.83. The number of halogens is 1. The van der Waals surface area contributed by atoms with Gasteiger partial charge in [0.15, 0.2) is 0 Å². The molecule has 9 heteroatoms. The fourth-order valence-electron chi connectivity index (χ4n) is 4.56. The van der Waals surface area contributed by atoms with Crippen molar-refractivity contribution in [3.8, 4) is 0 Å². The van der Waals surface area contributed by atoms with Crippen LogP contribution in [0, 0.1) is 19.7 Å². The lowest BCUT2D eigenvalue weighted by Gasteiger charge is -2.33. The van der Waals surface area contributed by atoms with Gasteiger partial charge in [0.25, 0.3) is 0 Å². The van der Waals surface area contributed by atoms with Gasteiger partial charge in [-0.1, -0.05) is 49.6 Å². The van der Waals surface area contributed by atoms with Gasteiger partial charge in [-0.05, 0) is 56.9 Å². The molecular formula is C27H36FN3O4S. The molecule has 7 nitrogen and oxygen atoms in total. The summed E-state index contributed by atoms with van der Waals surface area (Å²) in [7, 11) is -3.82. The van der Waals surface area contributed by atoms with Crippen LogP contribution in [0.4, 0.5) is 10.1 Å². The van der Waals surface area contributed by atoms with E-state index >= 15 is 0 Å². The Bertz CT molecular complexity index is 1200. The third-order valence-corrected chi connectivity index (χ3v) is 8.07. The predicted molar refractivity (Wildman–Crippen MR) is 140 cm³/mol. The Balaban J connectivity index is 1.91. The van der Waals surface area contributed by atoms with Gasteiger partial charge in [-0.2, -0.15) is 0 Å². The fourth-order valence-corrected chi connectivity index (χ4v) is 5.46. The number of nitrogens with zero attached hydrogens (tertiary/aromatic N) is 2. The van der Waals surface area contributed by atoms with Crippen LogP contribution >= 0.6 is 0 Å². The quantitative estimate of drug-likeness (QED) is 0.543. The zero-order chi connectivity index (χ0) is 26.5. The Morgan fingerprint density at radius 3 is 2.36 bits per heavy atom. The number of carbonyl (C=O) groups is 2. The molecule has 196 valence electrons. The molecule has 2 amide bonds. The van der Waals surface area contributed by atoms with E-state index in [1.165, 1.54) is 11.0 Å². The molecule has 0 unspecified atom stereocenters. The molecule has 3 rings (SSSR count). The van der Waals surface area contributed by atoms with Crippen molar-refractivity contribution in [2.75, 3.05) is 17.1 Å². The van der Waals surface area contributed by atoms with Gasteiger partial charge in [-0.3, -0.25) is 13.9 Å². The van der Waals surface area contributed by atoms with Crippen molar-refractivity contribution in [1.82, 2.24) is 10.2 Å². The van der Waals surface area contributed by atoms with Gasteiger partial charge in [0.1, 0.15) is 18.4 Å². The first-order chi connectivity index (χ1) is 17.0. The molecule has 1 atom stereocenters. The number of amides is 2. The van der Waals surface area contributed by atoms with Gasteiger partial charge in [-0.25, -0.2) is 12.8 Å². The second kappa shape index (κ2) is 11.9. The standard InChI is InChI=1S/C27H36FN3O4S/c1-19-11-10-16-25(20(19)2)31(36(4,34)35)18-26(32)30(17-22-12-8-9-15-24(22)28)21(3)27(33)29-23-13-6-5-7-14-23/h8-12,15-16,21,23H,5-7,13-14,17-18H2,1-4H3,(H,29,33)/t21-/m1/s1. The highest BCUT2D eigenvalue weighted by atomic mass is 32.2. The largest absolute Gasteiger partial charge is 0.352 e. The van der Waals surface area contributed by atoms with Crippen molar-refractivity contribution in [1.29, 1.82) is 0 Å². The second-order valence-corrected chi connectivity index (χ2v) is 11.5. The van der Waals surface area contributed by atoms with Crippen LogP contribution in [-0.4, -0.2) is 50.0 Å². The number of nitrogens with one attached hydrogen (secondary N) is 1. The van der Waals surface area contributed by atoms with Crippen LogP contribution in [0.3, 0.4) is 0 Å². The van der Waals surface area contributed by atoms with Crippen LogP contribution in [0.1, 0.15) is 55.7 Å². The summed E-state index contributed by atoms with van der Waals surface area (Å²) in [6, 6.07) is 10.4. The van der Waals surface area contributed by atoms with Crippen molar-refractivity contribution in [3.05, 3.63) is 65.0 Å². The maximum absolute atomic E-state index is 14.5. The topological polar surface area (TPSA) is 86.8 Å². The zero-order valence-corrected chi connectivity index (χ0v) is 22.3. The molecule has 0 spiro atoms. The fraction of sp³-hybridized carbons (Fsp3) is 0.481. The van der Waals surface area contributed by atoms with Gasteiger partial charge in [-0.15, -0.1) is 0 Å². The molecule has 0 saturated heterocycles. The molecule has 1 aliphatic carbocycles. The van der Waals surface area contributed by atoms with E-state index in [4.69, 9.17) is 0 Å². The smallest absolute Gasteiger partial charge is 0.244 e. The summed E-state index contributed by atoms with van der Waals surface area (Å²) in [6.07, 6.45) is 6.02. The minimum Gasteiger partial charge on any atom is -0.352 e. The Hall–Kier alpha value is -2.94. The van der Waals surface area contributed by atoms with Crippen molar-refractivity contribution in [3.63, 3.8) is 0 Å². The molecule has 36 heavy (non-hydrogen) atoms. The van der Waals surface area contributed by atoms with E-state index < -0.39 is 34.3 Å². The SMILES string of the molecule is Cc1cccc(N(CC(=O)N(Cc2ccccc2F)[C@H](C)C(=O)NC2CCCCC2)S(C)(=O)=O)c1C. The van der Waals surface area contributed by atoms with E-state index in [-0.39, 0.29) is 24.1 Å². The second-order valence-electron chi connectivity index (χ2n) is 9.62. The van der Waals surface area contributed by atoms with E-state index in [2.05, 4.69) is 5.32 Å². The summed E-state index contributed by atoms with van der Waals surface area (Å²) in [5.74, 6) is -1.41. The van der Waals surface area contributed by atoms with Crippen molar-refractivity contribution < 1.29 is 22.4 Å². The van der Waals surface area contributed by atoms with Crippen LogP contribution in [0.2, 0.25) is 0 Å². The number of rotatable bonds is 9. The lowest BCUT2D eigenvalue weighted by molar-refractivity contribution is -0.139. The molecule has 0 aromatic heterocycles. The van der Waals surface area contributed by atoms with Gasteiger partial charge in [0.2, 0.25) is 21.8 Å². The molecule has 1 aliphatic rings. The third kappa shape index (κ3) is 6.84. The van der Waals surface area contributed by atoms with Crippen molar-refractivity contribution >= 4 is 27.5 Å². The van der Waals surface area contributed by atoms with Crippen LogP contribution in [-0.2, 0) is 26.2 Å². The Labute approximate surface area is 213 Å². The molecule has 0 aliphatic heterocycles. The minimum atomic E-state index is -3.82. The monoisotopic (exact) mass is 517 g/mol. The molecule has 2 aromatic rings. The van der Waals surface area contributed by atoms with Crippen LogP contribution in [0.25, 0.3) is 0 Å².